The van der Waals surface area contributed by atoms with Gasteiger partial charge in [0.2, 0.25) is 5.91 Å². The van der Waals surface area contributed by atoms with E-state index in [1.165, 1.54) is 0 Å². The van der Waals surface area contributed by atoms with Crippen molar-refractivity contribution in [1.82, 2.24) is 9.80 Å². The second-order valence-corrected chi connectivity index (χ2v) is 7.55. The molecule has 0 aromatic heterocycles. The van der Waals surface area contributed by atoms with Crippen LogP contribution in [0.1, 0.15) is 0 Å². The third-order valence-electron chi connectivity index (χ3n) is 5.56. The Kier molecular flexibility index (Phi) is 7.49. The summed E-state index contributed by atoms with van der Waals surface area (Å²) in [6.45, 7) is 6.51. The summed E-state index contributed by atoms with van der Waals surface area (Å²) in [5.74, 6) is 0.852. The molecule has 0 atom stereocenters. The Morgan fingerprint density at radius 1 is 0.966 bits per heavy atom. The molecule has 156 valence electrons. The highest BCUT2D eigenvalue weighted by Crippen LogP contribution is 2.19. The summed E-state index contributed by atoms with van der Waals surface area (Å²) in [5, 5.41) is 0. The number of hydrogen-bond donors (Lipinski definition) is 0. The fourth-order valence-corrected chi connectivity index (χ4v) is 3.49. The summed E-state index contributed by atoms with van der Waals surface area (Å²) in [5.41, 5.74) is 1.95. The monoisotopic (exact) mass is 396 g/mol. The van der Waals surface area contributed by atoms with Crippen LogP contribution in [-0.2, 0) is 4.79 Å². The summed E-state index contributed by atoms with van der Waals surface area (Å²) < 4.78 is 5.21. The number of rotatable bonds is 8. The smallest absolute Gasteiger partial charge is 0.246 e. The van der Waals surface area contributed by atoms with Crippen LogP contribution in [0.4, 0.5) is 11.4 Å². The van der Waals surface area contributed by atoms with Gasteiger partial charge in [-0.25, -0.2) is 0 Å². The topological polar surface area (TPSA) is 39.3 Å². The van der Waals surface area contributed by atoms with Crippen molar-refractivity contribution in [3.8, 4) is 5.75 Å². The molecule has 2 aromatic rings. The van der Waals surface area contributed by atoms with Gasteiger partial charge >= 0.3 is 0 Å². The minimum Gasteiger partial charge on any atom is -0.497 e. The Hall–Kier alpha value is -2.57. The van der Waals surface area contributed by atoms with Crippen LogP contribution in [0.2, 0.25) is 0 Å². The molecule has 0 saturated carbocycles. The number of benzene rings is 2. The van der Waals surface area contributed by atoms with Gasteiger partial charge < -0.3 is 19.4 Å². The van der Waals surface area contributed by atoms with Gasteiger partial charge in [-0.15, -0.1) is 0 Å². The standard InChI is InChI=1S/C23H32N4O2/c1-24-13-15-26(16-14-24)17-18-27(21-7-5-4-6-8-21)19-23(28)25(2)20-9-11-22(29-3)12-10-20/h4-12H,13-19H2,1-3H3. The average Bonchev–Trinajstić information content (AvgIpc) is 2.77. The van der Waals surface area contributed by atoms with E-state index in [-0.39, 0.29) is 5.91 Å². The lowest BCUT2D eigenvalue weighted by Gasteiger charge is -2.34. The maximum absolute atomic E-state index is 13.0. The Morgan fingerprint density at radius 3 is 2.24 bits per heavy atom. The maximum atomic E-state index is 13.0. The normalized spacial score (nSPS) is 15.1. The van der Waals surface area contributed by atoms with Gasteiger partial charge in [0.1, 0.15) is 5.75 Å². The van der Waals surface area contributed by atoms with Gasteiger partial charge in [0.05, 0.1) is 13.7 Å². The number of anilines is 2. The Labute approximate surface area is 174 Å². The zero-order valence-corrected chi connectivity index (χ0v) is 17.8. The van der Waals surface area contributed by atoms with Crippen molar-refractivity contribution in [2.45, 2.75) is 0 Å². The van der Waals surface area contributed by atoms with Gasteiger partial charge in [0.25, 0.3) is 0 Å². The average molecular weight is 397 g/mol. The molecular weight excluding hydrogens is 364 g/mol. The molecule has 0 bridgehead atoms. The molecule has 0 aliphatic carbocycles. The van der Waals surface area contributed by atoms with Crippen molar-refractivity contribution < 1.29 is 9.53 Å². The van der Waals surface area contributed by atoms with Crippen molar-refractivity contribution in [2.24, 2.45) is 0 Å². The lowest BCUT2D eigenvalue weighted by molar-refractivity contribution is -0.117. The van der Waals surface area contributed by atoms with Crippen LogP contribution in [0.25, 0.3) is 0 Å². The van der Waals surface area contributed by atoms with Crippen LogP contribution in [0.15, 0.2) is 54.6 Å². The Bertz CT molecular complexity index is 758. The Morgan fingerprint density at radius 2 is 1.62 bits per heavy atom. The fourth-order valence-electron chi connectivity index (χ4n) is 3.49. The number of carbonyl (C=O) groups excluding carboxylic acids is 1. The van der Waals surface area contributed by atoms with Crippen LogP contribution < -0.4 is 14.5 Å². The van der Waals surface area contributed by atoms with Gasteiger partial charge in [-0.1, -0.05) is 18.2 Å². The van der Waals surface area contributed by atoms with E-state index < -0.39 is 0 Å². The second-order valence-electron chi connectivity index (χ2n) is 7.55. The molecule has 1 aliphatic heterocycles. The summed E-state index contributed by atoms with van der Waals surface area (Å²) in [4.78, 5) is 21.7. The van der Waals surface area contributed by atoms with Crippen molar-refractivity contribution in [2.75, 3.05) is 76.8 Å². The largest absolute Gasteiger partial charge is 0.497 e. The number of methoxy groups -OCH3 is 1. The number of carbonyl (C=O) groups is 1. The van der Waals surface area contributed by atoms with Crippen LogP contribution >= 0.6 is 0 Å². The quantitative estimate of drug-likeness (QED) is 0.685. The van der Waals surface area contributed by atoms with E-state index in [9.17, 15) is 4.79 Å². The first-order valence-electron chi connectivity index (χ1n) is 10.2. The molecule has 0 N–H and O–H groups in total. The molecule has 1 fully saturated rings. The SMILES string of the molecule is COc1ccc(N(C)C(=O)CN(CCN2CCN(C)CC2)c2ccccc2)cc1. The second kappa shape index (κ2) is 10.3. The molecule has 2 aromatic carbocycles. The minimum atomic E-state index is 0.0670. The Balaban J connectivity index is 1.64. The van der Waals surface area contributed by atoms with Crippen LogP contribution in [0.5, 0.6) is 5.75 Å². The predicted octanol–water partition coefficient (Wildman–Crippen LogP) is 2.41. The third kappa shape index (κ3) is 5.95. The molecule has 29 heavy (non-hydrogen) atoms. The first-order valence-corrected chi connectivity index (χ1v) is 10.2. The zero-order chi connectivity index (χ0) is 20.6. The summed E-state index contributed by atoms with van der Waals surface area (Å²) in [7, 11) is 5.64. The van der Waals surface area contributed by atoms with Crippen molar-refractivity contribution >= 4 is 17.3 Å². The number of likely N-dealkylation sites (N-methyl/N-ethyl adjacent to an activating group) is 2. The minimum absolute atomic E-state index is 0.0670. The molecule has 1 aliphatic rings. The van der Waals surface area contributed by atoms with Gasteiger partial charge in [0, 0.05) is 57.7 Å². The molecule has 0 unspecified atom stereocenters. The summed E-state index contributed by atoms with van der Waals surface area (Å²) in [6, 6.07) is 17.8. The van der Waals surface area contributed by atoms with Gasteiger partial charge in [0.15, 0.2) is 0 Å². The molecule has 3 rings (SSSR count). The zero-order valence-electron chi connectivity index (χ0n) is 17.8. The van der Waals surface area contributed by atoms with Crippen molar-refractivity contribution in [3.05, 3.63) is 54.6 Å². The highest BCUT2D eigenvalue weighted by atomic mass is 16.5. The van der Waals surface area contributed by atoms with Crippen LogP contribution in [0, 0.1) is 0 Å². The van der Waals surface area contributed by atoms with Gasteiger partial charge in [-0.2, -0.15) is 0 Å². The molecule has 1 saturated heterocycles. The van der Waals surface area contributed by atoms with Gasteiger partial charge in [-0.3, -0.25) is 9.69 Å². The van der Waals surface area contributed by atoms with E-state index in [4.69, 9.17) is 4.74 Å². The van der Waals surface area contributed by atoms with Crippen molar-refractivity contribution in [3.63, 3.8) is 0 Å². The van der Waals surface area contributed by atoms with E-state index in [1.54, 1.807) is 12.0 Å². The molecule has 6 nitrogen and oxygen atoms in total. The summed E-state index contributed by atoms with van der Waals surface area (Å²) >= 11 is 0. The lowest BCUT2D eigenvalue weighted by atomic mass is 10.2. The number of para-hydroxylation sites is 1. The number of piperazine rings is 1. The number of nitrogens with zero attached hydrogens (tertiary/aromatic N) is 4. The number of hydrogen-bond acceptors (Lipinski definition) is 5. The number of ether oxygens (including phenoxy) is 1. The van der Waals surface area contributed by atoms with E-state index in [1.807, 2.05) is 49.5 Å². The third-order valence-corrected chi connectivity index (χ3v) is 5.56. The van der Waals surface area contributed by atoms with E-state index >= 15 is 0 Å². The maximum Gasteiger partial charge on any atom is 0.246 e. The predicted molar refractivity (Wildman–Crippen MR) is 119 cm³/mol. The molecule has 0 radical (unpaired) electrons. The first-order chi connectivity index (χ1) is 14.1. The fraction of sp³-hybridized carbons (Fsp3) is 0.435. The number of amides is 1. The summed E-state index contributed by atoms with van der Waals surface area (Å²) in [6.07, 6.45) is 0. The van der Waals surface area contributed by atoms with Gasteiger partial charge in [-0.05, 0) is 43.4 Å². The lowest BCUT2D eigenvalue weighted by Crippen LogP contribution is -2.48. The molecule has 0 spiro atoms. The van der Waals surface area contributed by atoms with Crippen molar-refractivity contribution in [1.29, 1.82) is 0 Å². The first kappa shape index (κ1) is 21.1. The van der Waals surface area contributed by atoms with Crippen LogP contribution in [0.3, 0.4) is 0 Å². The highest BCUT2D eigenvalue weighted by Gasteiger charge is 2.19. The van der Waals surface area contributed by atoms with E-state index in [2.05, 4.69) is 33.9 Å². The van der Waals surface area contributed by atoms with Crippen LogP contribution in [-0.4, -0.2) is 82.7 Å². The van der Waals surface area contributed by atoms with E-state index in [0.29, 0.717) is 6.54 Å². The molecular formula is C23H32N4O2. The molecule has 6 heteroatoms. The van der Waals surface area contributed by atoms with E-state index in [0.717, 1.165) is 56.4 Å². The molecule has 1 heterocycles. The highest BCUT2D eigenvalue weighted by molar-refractivity contribution is 5.96. The molecule has 1 amide bonds.